The quantitative estimate of drug-likeness (QED) is 0.659. The van der Waals surface area contributed by atoms with E-state index in [2.05, 4.69) is 27.4 Å². The predicted molar refractivity (Wildman–Crippen MR) is 111 cm³/mol. The largest absolute Gasteiger partial charge is 0.355 e. The summed E-state index contributed by atoms with van der Waals surface area (Å²) in [5.74, 6) is -0.519. The first-order chi connectivity index (χ1) is 13.6. The predicted octanol–water partition coefficient (Wildman–Crippen LogP) is 4.66. The number of hydrogen-bond acceptors (Lipinski definition) is 5. The molecule has 4 rings (SSSR count). The number of carbonyl (C=O) groups excluding carboxylic acids is 1. The summed E-state index contributed by atoms with van der Waals surface area (Å²) in [6.45, 7) is 5.06. The summed E-state index contributed by atoms with van der Waals surface area (Å²) in [6.07, 6.45) is 0.915. The second-order valence-corrected chi connectivity index (χ2v) is 7.72. The second kappa shape index (κ2) is 8.08. The maximum atomic E-state index is 13.1. The maximum absolute atomic E-state index is 13.1. The minimum atomic E-state index is -0.300. The molecule has 0 atom stereocenters. The molecule has 0 aliphatic carbocycles. The van der Waals surface area contributed by atoms with E-state index < -0.39 is 0 Å². The number of anilines is 3. The lowest BCUT2D eigenvalue weighted by Crippen LogP contribution is -2.29. The number of hydrogen-bond donors (Lipinski definition) is 2. The monoisotopic (exact) mass is 396 g/mol. The highest BCUT2D eigenvalue weighted by molar-refractivity contribution is 7.15. The van der Waals surface area contributed by atoms with Gasteiger partial charge >= 0.3 is 0 Å². The lowest BCUT2D eigenvalue weighted by atomic mass is 10.1. The van der Waals surface area contributed by atoms with Crippen molar-refractivity contribution in [1.82, 2.24) is 9.88 Å². The standard InChI is InChI=1S/C21H21FN4OS/c1-2-26-12-11-18-19(13-26)28-21(24-18)25-20(27)16-5-3-4-6-17(16)23-15-9-7-14(22)8-10-15/h3-10,23H,2,11-13H2,1H3,(H,24,25,27). The van der Waals surface area contributed by atoms with Gasteiger partial charge in [-0.1, -0.05) is 19.1 Å². The van der Waals surface area contributed by atoms with Gasteiger partial charge in [0.15, 0.2) is 5.13 Å². The Bertz CT molecular complexity index is 986. The summed E-state index contributed by atoms with van der Waals surface area (Å²) in [6, 6.07) is 13.3. The van der Waals surface area contributed by atoms with Crippen LogP contribution in [-0.2, 0) is 13.0 Å². The first-order valence-electron chi connectivity index (χ1n) is 9.26. The molecule has 1 aliphatic rings. The smallest absolute Gasteiger partial charge is 0.259 e. The summed E-state index contributed by atoms with van der Waals surface area (Å²) in [7, 11) is 0. The number of rotatable bonds is 5. The summed E-state index contributed by atoms with van der Waals surface area (Å²) in [5, 5.41) is 6.74. The van der Waals surface area contributed by atoms with Crippen LogP contribution in [-0.4, -0.2) is 28.9 Å². The number of nitrogens with one attached hydrogen (secondary N) is 2. The molecule has 0 spiro atoms. The highest BCUT2D eigenvalue weighted by atomic mass is 32.1. The van der Waals surface area contributed by atoms with E-state index in [4.69, 9.17) is 0 Å². The van der Waals surface area contributed by atoms with Crippen LogP contribution in [0.2, 0.25) is 0 Å². The Hall–Kier alpha value is -2.77. The van der Waals surface area contributed by atoms with E-state index >= 15 is 0 Å². The van der Waals surface area contributed by atoms with Gasteiger partial charge in [-0.05, 0) is 42.9 Å². The van der Waals surface area contributed by atoms with Crippen molar-refractivity contribution in [2.75, 3.05) is 23.7 Å². The van der Waals surface area contributed by atoms with Crippen LogP contribution in [0.3, 0.4) is 0 Å². The number of fused-ring (bicyclic) bond motifs is 1. The van der Waals surface area contributed by atoms with Crippen molar-refractivity contribution < 1.29 is 9.18 Å². The Morgan fingerprint density at radius 3 is 2.79 bits per heavy atom. The number of para-hydroxylation sites is 1. The van der Waals surface area contributed by atoms with Crippen molar-refractivity contribution in [3.05, 3.63) is 70.5 Å². The number of halogens is 1. The molecule has 0 fully saturated rings. The average molecular weight is 396 g/mol. The summed E-state index contributed by atoms with van der Waals surface area (Å²) >= 11 is 1.54. The number of amides is 1. The van der Waals surface area contributed by atoms with E-state index in [-0.39, 0.29) is 11.7 Å². The Balaban J connectivity index is 1.51. The maximum Gasteiger partial charge on any atom is 0.259 e. The van der Waals surface area contributed by atoms with Crippen LogP contribution in [0.15, 0.2) is 48.5 Å². The molecule has 0 radical (unpaired) electrons. The minimum Gasteiger partial charge on any atom is -0.355 e. The van der Waals surface area contributed by atoms with E-state index in [9.17, 15) is 9.18 Å². The van der Waals surface area contributed by atoms with E-state index in [1.165, 1.54) is 17.0 Å². The van der Waals surface area contributed by atoms with Crippen LogP contribution >= 0.6 is 11.3 Å². The molecule has 0 saturated heterocycles. The zero-order valence-electron chi connectivity index (χ0n) is 15.5. The Morgan fingerprint density at radius 2 is 2.00 bits per heavy atom. The van der Waals surface area contributed by atoms with Gasteiger partial charge in [0.25, 0.3) is 5.91 Å². The third-order valence-corrected chi connectivity index (χ3v) is 5.77. The van der Waals surface area contributed by atoms with Crippen LogP contribution in [0, 0.1) is 5.82 Å². The van der Waals surface area contributed by atoms with Gasteiger partial charge in [-0.15, -0.1) is 11.3 Å². The molecule has 0 unspecified atom stereocenters. The molecule has 5 nitrogen and oxygen atoms in total. The van der Waals surface area contributed by atoms with Gasteiger partial charge < -0.3 is 5.32 Å². The van der Waals surface area contributed by atoms with Crippen LogP contribution < -0.4 is 10.6 Å². The van der Waals surface area contributed by atoms with E-state index in [0.717, 1.165) is 31.7 Å². The van der Waals surface area contributed by atoms with Crippen molar-refractivity contribution >= 4 is 33.8 Å². The summed E-state index contributed by atoms with van der Waals surface area (Å²) in [5.41, 5.74) is 2.97. The summed E-state index contributed by atoms with van der Waals surface area (Å²) < 4.78 is 13.1. The molecule has 1 amide bonds. The number of thiazole rings is 1. The molecule has 0 bridgehead atoms. The van der Waals surface area contributed by atoms with Crippen LogP contribution in [0.5, 0.6) is 0 Å². The van der Waals surface area contributed by atoms with E-state index in [0.29, 0.717) is 22.1 Å². The third kappa shape index (κ3) is 4.05. The zero-order valence-corrected chi connectivity index (χ0v) is 16.4. The number of nitrogens with zero attached hydrogens (tertiary/aromatic N) is 2. The fourth-order valence-corrected chi connectivity index (χ4v) is 4.26. The molecule has 0 saturated carbocycles. The normalized spacial score (nSPS) is 13.8. The number of carbonyl (C=O) groups is 1. The fourth-order valence-electron chi connectivity index (χ4n) is 3.22. The molecular formula is C21H21FN4OS. The SMILES string of the molecule is CCN1CCc2nc(NC(=O)c3ccccc3Nc3ccc(F)cc3)sc2C1. The van der Waals surface area contributed by atoms with Gasteiger partial charge in [-0.2, -0.15) is 0 Å². The van der Waals surface area contributed by atoms with Gasteiger partial charge in [0.05, 0.1) is 16.9 Å². The average Bonchev–Trinajstić information content (AvgIpc) is 3.11. The van der Waals surface area contributed by atoms with Crippen molar-refractivity contribution in [2.45, 2.75) is 19.9 Å². The highest BCUT2D eigenvalue weighted by Crippen LogP contribution is 2.29. The van der Waals surface area contributed by atoms with Crippen LogP contribution in [0.1, 0.15) is 27.9 Å². The van der Waals surface area contributed by atoms with Gasteiger partial charge in [0.2, 0.25) is 0 Å². The highest BCUT2D eigenvalue weighted by Gasteiger charge is 2.21. The Morgan fingerprint density at radius 1 is 1.21 bits per heavy atom. The van der Waals surface area contributed by atoms with Crippen molar-refractivity contribution in [1.29, 1.82) is 0 Å². The van der Waals surface area contributed by atoms with Gasteiger partial charge in [0, 0.05) is 30.1 Å². The third-order valence-electron chi connectivity index (χ3n) is 4.77. The first-order valence-corrected chi connectivity index (χ1v) is 10.1. The fraction of sp³-hybridized carbons (Fsp3) is 0.238. The Labute approximate surface area is 167 Å². The van der Waals surface area contributed by atoms with E-state index in [1.54, 1.807) is 29.5 Å². The molecular weight excluding hydrogens is 375 g/mol. The van der Waals surface area contributed by atoms with Gasteiger partial charge in [-0.3, -0.25) is 15.0 Å². The van der Waals surface area contributed by atoms with Crippen molar-refractivity contribution in [2.24, 2.45) is 0 Å². The molecule has 3 aromatic rings. The number of likely N-dealkylation sites (N-methyl/N-ethyl adjacent to an activating group) is 1. The second-order valence-electron chi connectivity index (χ2n) is 6.64. The minimum absolute atomic E-state index is 0.219. The molecule has 28 heavy (non-hydrogen) atoms. The van der Waals surface area contributed by atoms with E-state index in [1.807, 2.05) is 18.2 Å². The lowest BCUT2D eigenvalue weighted by Gasteiger charge is -2.23. The van der Waals surface area contributed by atoms with Crippen molar-refractivity contribution in [3.63, 3.8) is 0 Å². The van der Waals surface area contributed by atoms with Crippen LogP contribution in [0.4, 0.5) is 20.9 Å². The number of benzene rings is 2. The molecule has 2 aromatic carbocycles. The molecule has 2 N–H and O–H groups in total. The van der Waals surface area contributed by atoms with Crippen LogP contribution in [0.25, 0.3) is 0 Å². The molecule has 2 heterocycles. The topological polar surface area (TPSA) is 57.3 Å². The molecule has 144 valence electrons. The Kier molecular flexibility index (Phi) is 5.36. The van der Waals surface area contributed by atoms with Crippen molar-refractivity contribution in [3.8, 4) is 0 Å². The molecule has 1 aliphatic heterocycles. The zero-order chi connectivity index (χ0) is 19.5. The first kappa shape index (κ1) is 18.6. The number of aromatic nitrogens is 1. The molecule has 7 heteroatoms. The summed E-state index contributed by atoms with van der Waals surface area (Å²) in [4.78, 5) is 21.1. The van der Waals surface area contributed by atoms with Gasteiger partial charge in [-0.25, -0.2) is 9.37 Å². The lowest BCUT2D eigenvalue weighted by molar-refractivity contribution is 0.102. The molecule has 1 aromatic heterocycles. The van der Waals surface area contributed by atoms with Gasteiger partial charge in [0.1, 0.15) is 5.82 Å².